The maximum atomic E-state index is 13.1. The Morgan fingerprint density at radius 3 is 2.54 bits per heavy atom. The number of likely N-dealkylation sites (tertiary alicyclic amines) is 1. The minimum atomic E-state index is 0.0608. The van der Waals surface area contributed by atoms with Crippen molar-refractivity contribution in [3.8, 4) is 17.2 Å². The fraction of sp³-hybridized carbons (Fsp3) is 0.435. The van der Waals surface area contributed by atoms with Crippen molar-refractivity contribution >= 4 is 5.91 Å². The van der Waals surface area contributed by atoms with Gasteiger partial charge in [-0.05, 0) is 68.7 Å². The first-order valence-corrected chi connectivity index (χ1v) is 10.1. The van der Waals surface area contributed by atoms with Gasteiger partial charge in [-0.25, -0.2) is 0 Å². The van der Waals surface area contributed by atoms with Crippen LogP contribution in [0.2, 0.25) is 0 Å². The maximum Gasteiger partial charge on any atom is 0.254 e. The van der Waals surface area contributed by atoms with Crippen molar-refractivity contribution in [1.82, 2.24) is 4.90 Å². The number of ether oxygens (including phenoxy) is 3. The van der Waals surface area contributed by atoms with Gasteiger partial charge in [-0.3, -0.25) is 4.79 Å². The number of carbonyl (C=O) groups is 1. The summed E-state index contributed by atoms with van der Waals surface area (Å²) < 4.78 is 17.2. The Balaban J connectivity index is 1.53. The molecule has 0 bridgehead atoms. The van der Waals surface area contributed by atoms with E-state index in [1.807, 2.05) is 55.1 Å². The molecule has 5 heteroatoms. The molecule has 0 saturated carbocycles. The van der Waals surface area contributed by atoms with E-state index in [9.17, 15) is 4.79 Å². The number of nitrogens with zero attached hydrogens (tertiary/aromatic N) is 1. The topological polar surface area (TPSA) is 48.0 Å². The summed E-state index contributed by atoms with van der Waals surface area (Å²) in [5, 5.41) is 0. The number of hydrogen-bond acceptors (Lipinski definition) is 4. The summed E-state index contributed by atoms with van der Waals surface area (Å²) >= 11 is 0. The lowest BCUT2D eigenvalue weighted by Gasteiger charge is -2.26. The number of rotatable bonds is 4. The molecule has 0 radical (unpaired) electrons. The van der Waals surface area contributed by atoms with E-state index in [-0.39, 0.29) is 18.1 Å². The molecule has 0 N–H and O–H groups in total. The predicted octanol–water partition coefficient (Wildman–Crippen LogP) is 4.61. The summed E-state index contributed by atoms with van der Waals surface area (Å²) in [5.41, 5.74) is 1.80. The first kappa shape index (κ1) is 18.7. The molecule has 4 rings (SSSR count). The van der Waals surface area contributed by atoms with Crippen molar-refractivity contribution in [2.75, 3.05) is 19.8 Å². The third kappa shape index (κ3) is 3.93. The van der Waals surface area contributed by atoms with E-state index in [2.05, 4.69) is 6.07 Å². The fourth-order valence-electron chi connectivity index (χ4n) is 3.86. The van der Waals surface area contributed by atoms with Crippen molar-refractivity contribution in [2.24, 2.45) is 0 Å². The van der Waals surface area contributed by atoms with Crippen LogP contribution in [0.5, 0.6) is 17.2 Å². The van der Waals surface area contributed by atoms with E-state index in [1.54, 1.807) is 0 Å². The van der Waals surface area contributed by atoms with Crippen LogP contribution in [-0.2, 0) is 0 Å². The normalized spacial score (nSPS) is 18.8. The Morgan fingerprint density at radius 1 is 1.04 bits per heavy atom. The van der Waals surface area contributed by atoms with Gasteiger partial charge in [-0.2, -0.15) is 0 Å². The monoisotopic (exact) mass is 381 g/mol. The highest BCUT2D eigenvalue weighted by atomic mass is 16.5. The van der Waals surface area contributed by atoms with E-state index >= 15 is 0 Å². The van der Waals surface area contributed by atoms with Gasteiger partial charge in [0, 0.05) is 18.5 Å². The number of fused-ring (bicyclic) bond motifs is 1. The van der Waals surface area contributed by atoms with Crippen LogP contribution in [-0.4, -0.2) is 36.7 Å². The zero-order valence-corrected chi connectivity index (χ0v) is 16.5. The molecule has 148 valence electrons. The molecule has 1 amide bonds. The lowest BCUT2D eigenvalue weighted by Crippen LogP contribution is -2.30. The first-order chi connectivity index (χ1) is 13.6. The molecule has 2 aromatic carbocycles. The molecule has 1 saturated heterocycles. The van der Waals surface area contributed by atoms with Gasteiger partial charge < -0.3 is 19.1 Å². The van der Waals surface area contributed by atoms with E-state index < -0.39 is 0 Å². The molecule has 0 unspecified atom stereocenters. The third-order valence-electron chi connectivity index (χ3n) is 5.14. The van der Waals surface area contributed by atoms with Crippen molar-refractivity contribution in [1.29, 1.82) is 0 Å². The largest absolute Gasteiger partial charge is 0.491 e. The van der Waals surface area contributed by atoms with Gasteiger partial charge in [0.15, 0.2) is 11.5 Å². The highest BCUT2D eigenvalue weighted by Crippen LogP contribution is 2.38. The Kier molecular flexibility index (Phi) is 5.42. The van der Waals surface area contributed by atoms with Gasteiger partial charge in [0.1, 0.15) is 5.75 Å². The van der Waals surface area contributed by atoms with Crippen LogP contribution < -0.4 is 14.2 Å². The average molecular weight is 381 g/mol. The van der Waals surface area contributed by atoms with Crippen molar-refractivity contribution < 1.29 is 19.0 Å². The first-order valence-electron chi connectivity index (χ1n) is 10.1. The molecule has 1 atom stereocenters. The number of hydrogen-bond donors (Lipinski definition) is 0. The van der Waals surface area contributed by atoms with E-state index in [0.29, 0.717) is 18.8 Å². The molecule has 2 aliphatic rings. The predicted molar refractivity (Wildman–Crippen MR) is 107 cm³/mol. The quantitative estimate of drug-likeness (QED) is 0.776. The standard InChI is InChI=1S/C23H27NO4/c1-16(2)28-19-9-6-17(7-10-19)23(25)24-12-3-5-20(24)18-8-11-21-22(15-18)27-14-4-13-26-21/h6-11,15-16,20H,3-5,12-14H2,1-2H3/t20-/m1/s1. The summed E-state index contributed by atoms with van der Waals surface area (Å²) in [6.07, 6.45) is 2.96. The Morgan fingerprint density at radius 2 is 1.79 bits per heavy atom. The summed E-state index contributed by atoms with van der Waals surface area (Å²) in [6, 6.07) is 13.6. The second-order valence-corrected chi connectivity index (χ2v) is 7.60. The third-order valence-corrected chi connectivity index (χ3v) is 5.14. The highest BCUT2D eigenvalue weighted by Gasteiger charge is 2.31. The Hall–Kier alpha value is -2.69. The molecular weight excluding hydrogens is 354 g/mol. The van der Waals surface area contributed by atoms with Gasteiger partial charge in [0.05, 0.1) is 25.4 Å². The molecule has 2 heterocycles. The number of amides is 1. The van der Waals surface area contributed by atoms with Crippen LogP contribution in [0.1, 0.15) is 55.1 Å². The molecule has 0 aromatic heterocycles. The zero-order chi connectivity index (χ0) is 19.5. The van der Waals surface area contributed by atoms with Crippen molar-refractivity contribution in [3.63, 3.8) is 0 Å². The number of benzene rings is 2. The molecule has 28 heavy (non-hydrogen) atoms. The Labute approximate surface area is 166 Å². The highest BCUT2D eigenvalue weighted by molar-refractivity contribution is 5.94. The van der Waals surface area contributed by atoms with Gasteiger partial charge >= 0.3 is 0 Å². The fourth-order valence-corrected chi connectivity index (χ4v) is 3.86. The van der Waals surface area contributed by atoms with Crippen molar-refractivity contribution in [3.05, 3.63) is 53.6 Å². The maximum absolute atomic E-state index is 13.1. The van der Waals surface area contributed by atoms with Crippen LogP contribution in [0.4, 0.5) is 0 Å². The van der Waals surface area contributed by atoms with Crippen LogP contribution >= 0.6 is 0 Å². The van der Waals surface area contributed by atoms with Gasteiger partial charge in [0.25, 0.3) is 5.91 Å². The molecule has 0 aliphatic carbocycles. The average Bonchev–Trinajstić information content (AvgIpc) is 3.06. The van der Waals surface area contributed by atoms with Crippen LogP contribution in [0, 0.1) is 0 Å². The SMILES string of the molecule is CC(C)Oc1ccc(C(=O)N2CCC[C@@H]2c2ccc3c(c2)OCCCO3)cc1. The molecule has 2 aromatic rings. The van der Waals surface area contributed by atoms with E-state index in [0.717, 1.165) is 48.6 Å². The van der Waals surface area contributed by atoms with Crippen molar-refractivity contribution in [2.45, 2.75) is 45.3 Å². The molecule has 2 aliphatic heterocycles. The summed E-state index contributed by atoms with van der Waals surface area (Å²) in [6.45, 7) is 6.08. The summed E-state index contributed by atoms with van der Waals surface area (Å²) in [7, 11) is 0. The second-order valence-electron chi connectivity index (χ2n) is 7.60. The van der Waals surface area contributed by atoms with Crippen LogP contribution in [0.15, 0.2) is 42.5 Å². The van der Waals surface area contributed by atoms with Gasteiger partial charge in [-0.1, -0.05) is 6.07 Å². The van der Waals surface area contributed by atoms with Gasteiger partial charge in [0.2, 0.25) is 0 Å². The Bertz CT molecular complexity index is 831. The minimum absolute atomic E-state index is 0.0608. The lowest BCUT2D eigenvalue weighted by atomic mass is 10.0. The zero-order valence-electron chi connectivity index (χ0n) is 16.5. The minimum Gasteiger partial charge on any atom is -0.491 e. The molecule has 1 fully saturated rings. The summed E-state index contributed by atoms with van der Waals surface area (Å²) in [5.74, 6) is 2.42. The smallest absolute Gasteiger partial charge is 0.254 e. The second kappa shape index (κ2) is 8.13. The lowest BCUT2D eigenvalue weighted by molar-refractivity contribution is 0.0735. The summed E-state index contributed by atoms with van der Waals surface area (Å²) in [4.78, 5) is 15.1. The van der Waals surface area contributed by atoms with Crippen LogP contribution in [0.25, 0.3) is 0 Å². The molecular formula is C23H27NO4. The van der Waals surface area contributed by atoms with Crippen LogP contribution in [0.3, 0.4) is 0 Å². The molecule has 0 spiro atoms. The van der Waals surface area contributed by atoms with E-state index in [4.69, 9.17) is 14.2 Å². The van der Waals surface area contributed by atoms with Gasteiger partial charge in [-0.15, -0.1) is 0 Å². The number of carbonyl (C=O) groups excluding carboxylic acids is 1. The molecule has 5 nitrogen and oxygen atoms in total. The van der Waals surface area contributed by atoms with E-state index in [1.165, 1.54) is 0 Å².